The molecular weight excluding hydrogens is 272 g/mol. The zero-order valence-corrected chi connectivity index (χ0v) is 12.4. The Labute approximate surface area is 119 Å². The molecule has 18 heavy (non-hydrogen) atoms. The standard InChI is InChI=1S/C14H20Cl2FN/c1-3-4-5-6-7-18-10(2)11-8-14(17)13(16)9-12(11)15/h8-10,18H,3-7H2,1-2H3. The second-order valence-corrected chi connectivity index (χ2v) is 5.34. The van der Waals surface area contributed by atoms with Gasteiger partial charge in [0.15, 0.2) is 0 Å². The van der Waals surface area contributed by atoms with Crippen LogP contribution in [-0.2, 0) is 0 Å². The zero-order chi connectivity index (χ0) is 13.5. The third kappa shape index (κ3) is 4.75. The smallest absolute Gasteiger partial charge is 0.142 e. The predicted molar refractivity (Wildman–Crippen MR) is 77.0 cm³/mol. The molecule has 1 aromatic rings. The highest BCUT2D eigenvalue weighted by Crippen LogP contribution is 2.28. The summed E-state index contributed by atoms with van der Waals surface area (Å²) in [6, 6.07) is 2.91. The van der Waals surface area contributed by atoms with E-state index in [-0.39, 0.29) is 11.1 Å². The molecule has 0 spiro atoms. The Morgan fingerprint density at radius 1 is 1.17 bits per heavy atom. The normalized spacial score (nSPS) is 12.7. The maximum absolute atomic E-state index is 13.4. The number of nitrogens with one attached hydrogen (secondary N) is 1. The first-order valence-corrected chi connectivity index (χ1v) is 7.19. The number of rotatable bonds is 7. The first kappa shape index (κ1) is 15.7. The number of benzene rings is 1. The van der Waals surface area contributed by atoms with Crippen molar-refractivity contribution in [3.8, 4) is 0 Å². The lowest BCUT2D eigenvalue weighted by molar-refractivity contribution is 0.533. The second kappa shape index (κ2) is 7.98. The first-order valence-electron chi connectivity index (χ1n) is 6.44. The van der Waals surface area contributed by atoms with E-state index in [0.29, 0.717) is 5.02 Å². The van der Waals surface area contributed by atoms with Gasteiger partial charge in [-0.05, 0) is 37.6 Å². The van der Waals surface area contributed by atoms with Gasteiger partial charge in [-0.15, -0.1) is 0 Å². The molecule has 0 amide bonds. The van der Waals surface area contributed by atoms with Gasteiger partial charge in [-0.25, -0.2) is 4.39 Å². The fourth-order valence-electron chi connectivity index (χ4n) is 1.85. The summed E-state index contributed by atoms with van der Waals surface area (Å²) >= 11 is 11.7. The van der Waals surface area contributed by atoms with Crippen LogP contribution in [0.2, 0.25) is 10.0 Å². The van der Waals surface area contributed by atoms with E-state index in [9.17, 15) is 4.39 Å². The molecule has 1 aromatic carbocycles. The summed E-state index contributed by atoms with van der Waals surface area (Å²) in [6.07, 6.45) is 4.83. The van der Waals surface area contributed by atoms with E-state index in [2.05, 4.69) is 12.2 Å². The van der Waals surface area contributed by atoms with Gasteiger partial charge in [-0.3, -0.25) is 0 Å². The highest BCUT2D eigenvalue weighted by atomic mass is 35.5. The van der Waals surface area contributed by atoms with Crippen molar-refractivity contribution in [2.75, 3.05) is 6.54 Å². The van der Waals surface area contributed by atoms with Gasteiger partial charge >= 0.3 is 0 Å². The molecule has 0 saturated heterocycles. The number of unbranched alkanes of at least 4 members (excludes halogenated alkanes) is 3. The van der Waals surface area contributed by atoms with Crippen molar-refractivity contribution in [2.24, 2.45) is 0 Å². The van der Waals surface area contributed by atoms with Crippen molar-refractivity contribution in [3.63, 3.8) is 0 Å². The Kier molecular flexibility index (Phi) is 6.98. The van der Waals surface area contributed by atoms with Crippen LogP contribution in [0.1, 0.15) is 51.1 Å². The largest absolute Gasteiger partial charge is 0.310 e. The van der Waals surface area contributed by atoms with Crippen LogP contribution in [0.4, 0.5) is 4.39 Å². The van der Waals surface area contributed by atoms with E-state index in [1.807, 2.05) is 6.92 Å². The molecule has 1 atom stereocenters. The van der Waals surface area contributed by atoms with E-state index in [0.717, 1.165) is 18.5 Å². The topological polar surface area (TPSA) is 12.0 Å². The van der Waals surface area contributed by atoms with E-state index in [4.69, 9.17) is 23.2 Å². The lowest BCUT2D eigenvalue weighted by atomic mass is 10.1. The van der Waals surface area contributed by atoms with Gasteiger partial charge in [0.05, 0.1) is 5.02 Å². The lowest BCUT2D eigenvalue weighted by Gasteiger charge is -2.16. The molecule has 1 rings (SSSR count). The Hall–Kier alpha value is -0.310. The summed E-state index contributed by atoms with van der Waals surface area (Å²) in [5, 5.41) is 3.93. The highest BCUT2D eigenvalue weighted by Gasteiger charge is 2.12. The fourth-order valence-corrected chi connectivity index (χ4v) is 2.40. The molecular formula is C14H20Cl2FN. The van der Waals surface area contributed by atoms with Crippen molar-refractivity contribution >= 4 is 23.2 Å². The quantitative estimate of drug-likeness (QED) is 0.526. The van der Waals surface area contributed by atoms with Gasteiger partial charge in [0, 0.05) is 11.1 Å². The maximum Gasteiger partial charge on any atom is 0.142 e. The minimum absolute atomic E-state index is 0.0332. The van der Waals surface area contributed by atoms with Crippen molar-refractivity contribution in [2.45, 2.75) is 45.6 Å². The summed E-state index contributed by atoms with van der Waals surface area (Å²) in [6.45, 7) is 5.09. The van der Waals surface area contributed by atoms with Crippen LogP contribution >= 0.6 is 23.2 Å². The molecule has 0 saturated carbocycles. The second-order valence-electron chi connectivity index (χ2n) is 4.52. The molecule has 0 heterocycles. The first-order chi connectivity index (χ1) is 8.56. The van der Waals surface area contributed by atoms with Crippen molar-refractivity contribution in [3.05, 3.63) is 33.6 Å². The zero-order valence-electron chi connectivity index (χ0n) is 10.9. The monoisotopic (exact) mass is 291 g/mol. The van der Waals surface area contributed by atoms with Crippen molar-refractivity contribution in [1.29, 1.82) is 0 Å². The van der Waals surface area contributed by atoms with Crippen LogP contribution in [0.3, 0.4) is 0 Å². The average Bonchev–Trinajstić information content (AvgIpc) is 2.33. The molecule has 0 bridgehead atoms. The third-order valence-electron chi connectivity index (χ3n) is 2.99. The van der Waals surface area contributed by atoms with E-state index < -0.39 is 5.82 Å². The van der Waals surface area contributed by atoms with E-state index in [1.165, 1.54) is 31.4 Å². The summed E-state index contributed by atoms with van der Waals surface area (Å²) < 4.78 is 13.4. The summed E-state index contributed by atoms with van der Waals surface area (Å²) in [5.41, 5.74) is 0.758. The van der Waals surface area contributed by atoms with Crippen LogP contribution in [-0.4, -0.2) is 6.54 Å². The van der Waals surface area contributed by atoms with Crippen LogP contribution in [0.5, 0.6) is 0 Å². The number of hydrogen-bond acceptors (Lipinski definition) is 1. The molecule has 1 unspecified atom stereocenters. The minimum atomic E-state index is -0.421. The Morgan fingerprint density at radius 2 is 1.89 bits per heavy atom. The third-order valence-corrected chi connectivity index (χ3v) is 3.60. The van der Waals surface area contributed by atoms with Crippen molar-refractivity contribution < 1.29 is 4.39 Å². The lowest BCUT2D eigenvalue weighted by Crippen LogP contribution is -2.20. The van der Waals surface area contributed by atoms with Gasteiger partial charge in [0.2, 0.25) is 0 Å². The predicted octanol–water partition coefficient (Wildman–Crippen LogP) is 5.36. The Bertz CT molecular complexity index is 382. The molecule has 1 nitrogen and oxygen atoms in total. The molecule has 102 valence electrons. The molecule has 0 aromatic heterocycles. The van der Waals surface area contributed by atoms with Gasteiger partial charge in [-0.1, -0.05) is 49.4 Å². The Balaban J connectivity index is 2.51. The Morgan fingerprint density at radius 3 is 2.56 bits per heavy atom. The number of hydrogen-bond donors (Lipinski definition) is 1. The van der Waals surface area contributed by atoms with Crippen LogP contribution < -0.4 is 5.32 Å². The van der Waals surface area contributed by atoms with Gasteiger partial charge in [-0.2, -0.15) is 0 Å². The molecule has 4 heteroatoms. The van der Waals surface area contributed by atoms with Crippen LogP contribution in [0, 0.1) is 5.82 Å². The van der Waals surface area contributed by atoms with Gasteiger partial charge in [0.25, 0.3) is 0 Å². The summed E-state index contributed by atoms with van der Waals surface area (Å²) in [5.74, 6) is -0.421. The van der Waals surface area contributed by atoms with Gasteiger partial charge < -0.3 is 5.32 Å². The molecule has 0 aliphatic carbocycles. The molecule has 0 aliphatic heterocycles. The van der Waals surface area contributed by atoms with Crippen LogP contribution in [0.25, 0.3) is 0 Å². The molecule has 1 N–H and O–H groups in total. The average molecular weight is 292 g/mol. The van der Waals surface area contributed by atoms with Crippen LogP contribution in [0.15, 0.2) is 12.1 Å². The number of halogens is 3. The molecule has 0 fully saturated rings. The van der Waals surface area contributed by atoms with E-state index >= 15 is 0 Å². The minimum Gasteiger partial charge on any atom is -0.310 e. The fraction of sp³-hybridized carbons (Fsp3) is 0.571. The SMILES string of the molecule is CCCCCCNC(C)c1cc(F)c(Cl)cc1Cl. The molecule has 0 radical (unpaired) electrons. The highest BCUT2D eigenvalue weighted by molar-refractivity contribution is 6.35. The summed E-state index contributed by atoms with van der Waals surface area (Å²) in [4.78, 5) is 0. The maximum atomic E-state index is 13.4. The van der Waals surface area contributed by atoms with Gasteiger partial charge in [0.1, 0.15) is 5.82 Å². The van der Waals surface area contributed by atoms with Crippen molar-refractivity contribution in [1.82, 2.24) is 5.32 Å². The molecule has 0 aliphatic rings. The summed E-state index contributed by atoms with van der Waals surface area (Å²) in [7, 11) is 0. The van der Waals surface area contributed by atoms with E-state index in [1.54, 1.807) is 0 Å².